The molecule has 0 unspecified atom stereocenters. The van der Waals surface area contributed by atoms with Crippen LogP contribution in [0.3, 0.4) is 0 Å². The third kappa shape index (κ3) is 5.23. The lowest BCUT2D eigenvalue weighted by Crippen LogP contribution is -2.36. The van der Waals surface area contributed by atoms with E-state index in [0.717, 1.165) is 17.5 Å². The number of hydrogen-bond donors (Lipinski definition) is 1. The summed E-state index contributed by atoms with van der Waals surface area (Å²) >= 11 is 0. The highest BCUT2D eigenvalue weighted by Crippen LogP contribution is 2.39. The lowest BCUT2D eigenvalue weighted by atomic mass is 9.87. The van der Waals surface area contributed by atoms with Gasteiger partial charge in [0.15, 0.2) is 0 Å². The summed E-state index contributed by atoms with van der Waals surface area (Å²) in [6.07, 6.45) is 0.917. The quantitative estimate of drug-likeness (QED) is 0.676. The van der Waals surface area contributed by atoms with Crippen LogP contribution in [0.4, 0.5) is 0 Å². The molecule has 1 saturated heterocycles. The molecule has 2 aromatic carbocycles. The van der Waals surface area contributed by atoms with E-state index in [-0.39, 0.29) is 23.7 Å². The standard InChI is InChI=1S/C26H34N2O4/c1-17(2)12-13-27-25(29)23-16-28(26(30)20-9-7-6-8-18(20)3)15-22(23)21-11-10-19(31-4)14-24(21)32-5/h6-11,14,17,22-23H,12-13,15-16H2,1-5H3,(H,27,29)/t22-,23+/m1/s1. The summed E-state index contributed by atoms with van der Waals surface area (Å²) in [5.41, 5.74) is 2.52. The van der Waals surface area contributed by atoms with Gasteiger partial charge in [0.05, 0.1) is 20.1 Å². The Morgan fingerprint density at radius 2 is 1.84 bits per heavy atom. The Hall–Kier alpha value is -3.02. The van der Waals surface area contributed by atoms with Crippen molar-refractivity contribution >= 4 is 11.8 Å². The van der Waals surface area contributed by atoms with Crippen LogP contribution in [0, 0.1) is 18.8 Å². The number of amides is 2. The maximum Gasteiger partial charge on any atom is 0.254 e. The Balaban J connectivity index is 1.90. The van der Waals surface area contributed by atoms with Gasteiger partial charge in [0, 0.05) is 42.7 Å². The first-order valence-electron chi connectivity index (χ1n) is 11.2. The predicted molar refractivity (Wildman–Crippen MR) is 125 cm³/mol. The highest BCUT2D eigenvalue weighted by molar-refractivity contribution is 5.96. The maximum atomic E-state index is 13.3. The zero-order valence-electron chi connectivity index (χ0n) is 19.7. The summed E-state index contributed by atoms with van der Waals surface area (Å²) in [4.78, 5) is 28.3. The van der Waals surface area contributed by atoms with Crippen molar-refractivity contribution in [2.75, 3.05) is 33.9 Å². The van der Waals surface area contributed by atoms with Crippen molar-refractivity contribution < 1.29 is 19.1 Å². The first kappa shape index (κ1) is 23.6. The maximum absolute atomic E-state index is 13.3. The fourth-order valence-electron chi connectivity index (χ4n) is 4.27. The van der Waals surface area contributed by atoms with Gasteiger partial charge in [0.1, 0.15) is 11.5 Å². The minimum absolute atomic E-state index is 0.0198. The number of carbonyl (C=O) groups excluding carboxylic acids is 2. The molecule has 32 heavy (non-hydrogen) atoms. The van der Waals surface area contributed by atoms with Gasteiger partial charge in [-0.2, -0.15) is 0 Å². The minimum Gasteiger partial charge on any atom is -0.497 e. The topological polar surface area (TPSA) is 67.9 Å². The molecule has 0 aromatic heterocycles. The summed E-state index contributed by atoms with van der Waals surface area (Å²) in [6.45, 7) is 7.66. The molecule has 1 aliphatic heterocycles. The van der Waals surface area contributed by atoms with Gasteiger partial charge in [-0.15, -0.1) is 0 Å². The van der Waals surface area contributed by atoms with Gasteiger partial charge in [-0.3, -0.25) is 9.59 Å². The summed E-state index contributed by atoms with van der Waals surface area (Å²) < 4.78 is 11.0. The molecule has 3 rings (SSSR count). The van der Waals surface area contributed by atoms with Crippen molar-refractivity contribution in [3.63, 3.8) is 0 Å². The number of benzene rings is 2. The van der Waals surface area contributed by atoms with Crippen LogP contribution >= 0.6 is 0 Å². The lowest BCUT2D eigenvalue weighted by Gasteiger charge is -2.21. The van der Waals surface area contributed by atoms with Crippen LogP contribution < -0.4 is 14.8 Å². The van der Waals surface area contributed by atoms with E-state index in [1.54, 1.807) is 19.1 Å². The number of rotatable bonds is 8. The van der Waals surface area contributed by atoms with E-state index in [9.17, 15) is 9.59 Å². The van der Waals surface area contributed by atoms with Gasteiger partial charge in [-0.25, -0.2) is 0 Å². The van der Waals surface area contributed by atoms with Crippen LogP contribution in [0.15, 0.2) is 42.5 Å². The van der Waals surface area contributed by atoms with Crippen LogP contribution in [0.25, 0.3) is 0 Å². The molecule has 0 radical (unpaired) electrons. The molecule has 0 spiro atoms. The third-order valence-electron chi connectivity index (χ3n) is 6.18. The van der Waals surface area contributed by atoms with E-state index in [1.807, 2.05) is 49.4 Å². The second-order valence-corrected chi connectivity index (χ2v) is 8.82. The van der Waals surface area contributed by atoms with Gasteiger partial charge in [0.2, 0.25) is 5.91 Å². The van der Waals surface area contributed by atoms with Crippen molar-refractivity contribution in [2.24, 2.45) is 11.8 Å². The molecule has 1 N–H and O–H groups in total. The monoisotopic (exact) mass is 438 g/mol. The van der Waals surface area contributed by atoms with Crippen LogP contribution in [0.5, 0.6) is 11.5 Å². The fourth-order valence-corrected chi connectivity index (χ4v) is 4.27. The second kappa shape index (κ2) is 10.5. The van der Waals surface area contributed by atoms with Crippen LogP contribution in [0.2, 0.25) is 0 Å². The Kier molecular flexibility index (Phi) is 7.78. The van der Waals surface area contributed by atoms with Gasteiger partial charge >= 0.3 is 0 Å². The fraction of sp³-hybridized carbons (Fsp3) is 0.462. The van der Waals surface area contributed by atoms with Crippen molar-refractivity contribution in [3.8, 4) is 11.5 Å². The average molecular weight is 439 g/mol. The van der Waals surface area contributed by atoms with Gasteiger partial charge in [0.25, 0.3) is 5.91 Å². The highest BCUT2D eigenvalue weighted by Gasteiger charge is 2.41. The van der Waals surface area contributed by atoms with Crippen molar-refractivity contribution in [1.82, 2.24) is 10.2 Å². The molecule has 6 nitrogen and oxygen atoms in total. The minimum atomic E-state index is -0.350. The van der Waals surface area contributed by atoms with Crippen LogP contribution in [-0.4, -0.2) is 50.6 Å². The number of likely N-dealkylation sites (tertiary alicyclic amines) is 1. The number of hydrogen-bond acceptors (Lipinski definition) is 4. The normalized spacial score (nSPS) is 18.0. The van der Waals surface area contributed by atoms with Crippen molar-refractivity contribution in [2.45, 2.75) is 33.1 Å². The van der Waals surface area contributed by atoms with Crippen LogP contribution in [-0.2, 0) is 4.79 Å². The average Bonchev–Trinajstić information content (AvgIpc) is 3.23. The lowest BCUT2D eigenvalue weighted by molar-refractivity contribution is -0.124. The zero-order valence-corrected chi connectivity index (χ0v) is 19.7. The molecule has 2 atom stereocenters. The second-order valence-electron chi connectivity index (χ2n) is 8.82. The van der Waals surface area contributed by atoms with E-state index in [1.165, 1.54) is 0 Å². The molecule has 6 heteroatoms. The smallest absolute Gasteiger partial charge is 0.254 e. The van der Waals surface area contributed by atoms with E-state index < -0.39 is 0 Å². The SMILES string of the molecule is COc1ccc([C@H]2CN(C(=O)c3ccccc3C)C[C@@H]2C(=O)NCCC(C)C)c(OC)c1. The van der Waals surface area contributed by atoms with Gasteiger partial charge in [-0.05, 0) is 37.0 Å². The summed E-state index contributed by atoms with van der Waals surface area (Å²) in [5, 5.41) is 3.08. The van der Waals surface area contributed by atoms with E-state index in [2.05, 4.69) is 19.2 Å². The Bertz CT molecular complexity index is 957. The summed E-state index contributed by atoms with van der Waals surface area (Å²) in [7, 11) is 3.22. The Morgan fingerprint density at radius 3 is 2.50 bits per heavy atom. The summed E-state index contributed by atoms with van der Waals surface area (Å²) in [5.74, 6) is 1.29. The predicted octanol–water partition coefficient (Wildman–Crippen LogP) is 4.03. The number of aryl methyl sites for hydroxylation is 1. The zero-order chi connectivity index (χ0) is 23.3. The molecule has 2 aromatic rings. The molecular weight excluding hydrogens is 404 g/mol. The first-order chi connectivity index (χ1) is 15.3. The number of carbonyl (C=O) groups is 2. The Labute approximate surface area is 190 Å². The molecule has 0 bridgehead atoms. The molecule has 0 aliphatic carbocycles. The van der Waals surface area contributed by atoms with Crippen LogP contribution in [0.1, 0.15) is 47.7 Å². The van der Waals surface area contributed by atoms with E-state index in [0.29, 0.717) is 42.6 Å². The number of methoxy groups -OCH3 is 2. The number of ether oxygens (including phenoxy) is 2. The largest absolute Gasteiger partial charge is 0.497 e. The number of nitrogens with one attached hydrogen (secondary N) is 1. The molecule has 1 aliphatic rings. The molecule has 1 heterocycles. The van der Waals surface area contributed by atoms with Crippen molar-refractivity contribution in [3.05, 3.63) is 59.2 Å². The third-order valence-corrected chi connectivity index (χ3v) is 6.18. The molecule has 0 saturated carbocycles. The Morgan fingerprint density at radius 1 is 1.09 bits per heavy atom. The summed E-state index contributed by atoms with van der Waals surface area (Å²) in [6, 6.07) is 13.2. The molecule has 2 amide bonds. The molecule has 1 fully saturated rings. The van der Waals surface area contributed by atoms with Gasteiger partial charge < -0.3 is 19.7 Å². The molecule has 172 valence electrons. The first-order valence-corrected chi connectivity index (χ1v) is 11.2. The van der Waals surface area contributed by atoms with Gasteiger partial charge in [-0.1, -0.05) is 38.1 Å². The van der Waals surface area contributed by atoms with E-state index >= 15 is 0 Å². The molecular formula is C26H34N2O4. The highest BCUT2D eigenvalue weighted by atomic mass is 16.5. The van der Waals surface area contributed by atoms with Crippen molar-refractivity contribution in [1.29, 1.82) is 0 Å². The number of nitrogens with zero attached hydrogens (tertiary/aromatic N) is 1. The van der Waals surface area contributed by atoms with E-state index in [4.69, 9.17) is 9.47 Å².